The predicted molar refractivity (Wildman–Crippen MR) is 113 cm³/mol. The van der Waals surface area contributed by atoms with Crippen LogP contribution in [0.1, 0.15) is 77.3 Å². The first-order valence-electron chi connectivity index (χ1n) is 10.7. The first-order chi connectivity index (χ1) is 13.6. The number of hydrogen-bond acceptors (Lipinski definition) is 6. The van der Waals surface area contributed by atoms with Crippen LogP contribution in [-0.4, -0.2) is 52.7 Å². The van der Waals surface area contributed by atoms with Crippen molar-refractivity contribution >= 4 is 23.3 Å². The summed E-state index contributed by atoms with van der Waals surface area (Å²) in [6.45, 7) is 7.17. The Labute approximate surface area is 186 Å². The van der Waals surface area contributed by atoms with Gasteiger partial charge in [0, 0.05) is 18.4 Å². The molecule has 29 heavy (non-hydrogen) atoms. The summed E-state index contributed by atoms with van der Waals surface area (Å²) in [5, 5.41) is 0. The van der Waals surface area contributed by atoms with E-state index in [4.69, 9.17) is 9.47 Å². The molecule has 1 atom stereocenters. The highest BCUT2D eigenvalue weighted by Gasteiger charge is 2.31. The van der Waals surface area contributed by atoms with E-state index in [-0.39, 0.29) is 18.4 Å². The lowest BCUT2D eigenvalue weighted by Gasteiger charge is -2.36. The summed E-state index contributed by atoms with van der Waals surface area (Å²) in [5.74, 6) is 0.563. The highest BCUT2D eigenvalue weighted by Crippen LogP contribution is 2.30. The average Bonchev–Trinajstić information content (AvgIpc) is 3.15. The average molecular weight is 446 g/mol. The molecule has 0 aromatic carbocycles. The summed E-state index contributed by atoms with van der Waals surface area (Å²) in [4.78, 5) is 12.0. The van der Waals surface area contributed by atoms with Gasteiger partial charge in [-0.05, 0) is 12.8 Å². The zero-order valence-corrected chi connectivity index (χ0v) is 19.7. The van der Waals surface area contributed by atoms with E-state index in [0.29, 0.717) is 30.1 Å². The minimum atomic E-state index is -0.0877. The fourth-order valence-electron chi connectivity index (χ4n) is 3.38. The molecular formula is C21H36ClN3O3S. The number of carbonyl (C=O) groups excluding carboxylic acids is 1. The minimum Gasteiger partial charge on any atom is -1.00 e. The SMILES string of the molecule is CCCCCCOc1nsnc1C1=CCC[N+](C)(COC(=O)CCCCC)C1.[Cl-]. The van der Waals surface area contributed by atoms with Gasteiger partial charge in [0.05, 0.1) is 31.9 Å². The third-order valence-corrected chi connectivity index (χ3v) is 5.64. The highest BCUT2D eigenvalue weighted by molar-refractivity contribution is 6.99. The molecule has 0 radical (unpaired) electrons. The van der Waals surface area contributed by atoms with Crippen LogP contribution < -0.4 is 17.1 Å². The quantitative estimate of drug-likeness (QED) is 0.263. The van der Waals surface area contributed by atoms with E-state index in [2.05, 4.69) is 35.7 Å². The number of ether oxygens (including phenoxy) is 2. The van der Waals surface area contributed by atoms with Crippen molar-refractivity contribution in [3.63, 3.8) is 0 Å². The Balaban J connectivity index is 0.00000420. The maximum Gasteiger partial charge on any atom is 0.310 e. The number of quaternary nitrogens is 1. The van der Waals surface area contributed by atoms with Gasteiger partial charge in [-0.2, -0.15) is 4.37 Å². The van der Waals surface area contributed by atoms with Gasteiger partial charge in [0.25, 0.3) is 5.88 Å². The number of esters is 1. The first-order valence-corrected chi connectivity index (χ1v) is 11.4. The molecule has 1 unspecified atom stereocenters. The molecule has 6 nitrogen and oxygen atoms in total. The molecule has 1 aromatic rings. The van der Waals surface area contributed by atoms with Gasteiger partial charge in [-0.1, -0.05) is 52.0 Å². The van der Waals surface area contributed by atoms with E-state index in [1.165, 1.54) is 31.0 Å². The van der Waals surface area contributed by atoms with E-state index < -0.39 is 0 Å². The molecule has 1 aromatic heterocycles. The van der Waals surface area contributed by atoms with Crippen molar-refractivity contribution in [3.05, 3.63) is 11.8 Å². The number of halogens is 1. The van der Waals surface area contributed by atoms with E-state index in [9.17, 15) is 4.79 Å². The maximum absolute atomic E-state index is 12.0. The molecule has 0 fully saturated rings. The second-order valence-electron chi connectivity index (χ2n) is 7.95. The van der Waals surface area contributed by atoms with Crippen molar-refractivity contribution in [1.82, 2.24) is 8.75 Å². The zero-order valence-electron chi connectivity index (χ0n) is 18.1. The van der Waals surface area contributed by atoms with Crippen LogP contribution in [0.3, 0.4) is 0 Å². The van der Waals surface area contributed by atoms with Gasteiger partial charge in [-0.25, -0.2) is 0 Å². The lowest BCUT2D eigenvalue weighted by molar-refractivity contribution is -0.919. The number of nitrogens with zero attached hydrogens (tertiary/aromatic N) is 3. The van der Waals surface area contributed by atoms with Gasteiger partial charge in [0.2, 0.25) is 6.73 Å². The molecule has 0 aliphatic carbocycles. The Hall–Kier alpha value is -1.18. The Bertz CT molecular complexity index is 638. The van der Waals surface area contributed by atoms with Crippen molar-refractivity contribution in [2.45, 2.75) is 71.6 Å². The molecule has 8 heteroatoms. The number of likely N-dealkylation sites (N-methyl/N-ethyl adjacent to an activating group) is 1. The summed E-state index contributed by atoms with van der Waals surface area (Å²) >= 11 is 1.20. The molecule has 166 valence electrons. The number of aromatic nitrogens is 2. The summed E-state index contributed by atoms with van der Waals surface area (Å²) in [6, 6.07) is 0. The third-order valence-electron chi connectivity index (χ3n) is 5.13. The molecule has 2 heterocycles. The monoisotopic (exact) mass is 445 g/mol. The van der Waals surface area contributed by atoms with Gasteiger partial charge >= 0.3 is 5.97 Å². The fraction of sp³-hybridized carbons (Fsp3) is 0.762. The van der Waals surface area contributed by atoms with Gasteiger partial charge in [0.1, 0.15) is 12.2 Å². The lowest BCUT2D eigenvalue weighted by atomic mass is 10.1. The van der Waals surface area contributed by atoms with Crippen LogP contribution >= 0.6 is 11.7 Å². The van der Waals surface area contributed by atoms with Gasteiger partial charge < -0.3 is 21.9 Å². The van der Waals surface area contributed by atoms with Gasteiger partial charge in [-0.3, -0.25) is 9.28 Å². The van der Waals surface area contributed by atoms with Crippen molar-refractivity contribution in [3.8, 4) is 5.88 Å². The molecule has 0 saturated heterocycles. The Kier molecular flexibility index (Phi) is 12.4. The van der Waals surface area contributed by atoms with Gasteiger partial charge in [0.15, 0.2) is 0 Å². The number of carbonyl (C=O) groups is 1. The lowest BCUT2D eigenvalue weighted by Crippen LogP contribution is -3.00. The molecule has 0 spiro atoms. The normalized spacial score (nSPS) is 18.7. The van der Waals surface area contributed by atoms with Crippen LogP contribution in [0.15, 0.2) is 6.08 Å². The Morgan fingerprint density at radius 3 is 2.66 bits per heavy atom. The minimum absolute atomic E-state index is 0. The first kappa shape index (κ1) is 25.9. The number of hydrogen-bond donors (Lipinski definition) is 0. The maximum atomic E-state index is 12.0. The highest BCUT2D eigenvalue weighted by atomic mass is 35.5. The summed E-state index contributed by atoms with van der Waals surface area (Å²) in [5.41, 5.74) is 2.01. The summed E-state index contributed by atoms with van der Waals surface area (Å²) in [7, 11) is 2.14. The molecule has 0 bridgehead atoms. The number of unbranched alkanes of at least 4 members (excludes halogenated alkanes) is 5. The topological polar surface area (TPSA) is 61.3 Å². The molecule has 0 N–H and O–H groups in total. The zero-order chi connectivity index (χ0) is 20.2. The number of rotatable bonds is 13. The van der Waals surface area contributed by atoms with Crippen LogP contribution in [0.5, 0.6) is 5.88 Å². The molecule has 2 rings (SSSR count). The molecule has 1 aliphatic heterocycles. The van der Waals surface area contributed by atoms with E-state index in [1.807, 2.05) is 0 Å². The second-order valence-corrected chi connectivity index (χ2v) is 8.48. The molecule has 0 saturated carbocycles. The van der Waals surface area contributed by atoms with Crippen molar-refractivity contribution < 1.29 is 31.2 Å². The van der Waals surface area contributed by atoms with Crippen LogP contribution in [0.25, 0.3) is 5.57 Å². The molecule has 1 aliphatic rings. The van der Waals surface area contributed by atoms with Crippen molar-refractivity contribution in [2.24, 2.45) is 0 Å². The van der Waals surface area contributed by atoms with E-state index >= 15 is 0 Å². The summed E-state index contributed by atoms with van der Waals surface area (Å²) < 4.78 is 21.0. The largest absolute Gasteiger partial charge is 1.00 e. The van der Waals surface area contributed by atoms with Crippen LogP contribution in [0, 0.1) is 0 Å². The Morgan fingerprint density at radius 2 is 1.90 bits per heavy atom. The van der Waals surface area contributed by atoms with E-state index in [1.54, 1.807) is 0 Å². The Morgan fingerprint density at radius 1 is 1.14 bits per heavy atom. The molecule has 0 amide bonds. The van der Waals surface area contributed by atoms with Crippen LogP contribution in [-0.2, 0) is 9.53 Å². The second kappa shape index (κ2) is 13.9. The fourth-order valence-corrected chi connectivity index (χ4v) is 3.91. The van der Waals surface area contributed by atoms with Crippen LogP contribution in [0.4, 0.5) is 0 Å². The predicted octanol–water partition coefficient (Wildman–Crippen LogP) is 1.82. The van der Waals surface area contributed by atoms with E-state index in [0.717, 1.165) is 56.5 Å². The van der Waals surface area contributed by atoms with Crippen molar-refractivity contribution in [1.29, 1.82) is 0 Å². The van der Waals surface area contributed by atoms with Crippen molar-refractivity contribution in [2.75, 3.05) is 33.5 Å². The smallest absolute Gasteiger partial charge is 0.310 e. The van der Waals surface area contributed by atoms with Crippen LogP contribution in [0.2, 0.25) is 0 Å². The standard InChI is InChI=1S/C21H36N3O3S.ClH/c1-4-6-8-10-15-26-21-20(22-28-23-21)18-12-11-14-24(3,16-18)17-27-19(25)13-9-7-5-2;/h12H,4-11,13-17H2,1-3H3;1H/q+1;/p-1. The summed E-state index contributed by atoms with van der Waals surface area (Å²) in [6.07, 6.45) is 11.5. The third kappa shape index (κ3) is 9.01. The van der Waals surface area contributed by atoms with Gasteiger partial charge in [-0.15, -0.1) is 4.37 Å². The molecular weight excluding hydrogens is 410 g/mol.